The van der Waals surface area contributed by atoms with Crippen LogP contribution in [0.3, 0.4) is 0 Å². The van der Waals surface area contributed by atoms with Gasteiger partial charge in [0.25, 0.3) is 0 Å². The van der Waals surface area contributed by atoms with E-state index in [-0.39, 0.29) is 5.88 Å². The number of hydrogen-bond acceptors (Lipinski definition) is 4. The SMILES string of the molecule is Cc1c(C2=CC=C(O)N(C)C2)nn(-c2ccccc2)c1N. The molecule has 5 heteroatoms. The second kappa shape index (κ2) is 5.01. The quantitative estimate of drug-likeness (QED) is 0.888. The van der Waals surface area contributed by atoms with Crippen LogP contribution in [0.1, 0.15) is 11.3 Å². The molecule has 0 unspecified atom stereocenters. The first-order chi connectivity index (χ1) is 10.1. The molecule has 1 aliphatic rings. The Morgan fingerprint density at radius 1 is 1.19 bits per heavy atom. The number of para-hydroxylation sites is 1. The van der Waals surface area contributed by atoms with Gasteiger partial charge in [0, 0.05) is 19.2 Å². The van der Waals surface area contributed by atoms with Crippen molar-refractivity contribution in [1.29, 1.82) is 0 Å². The van der Waals surface area contributed by atoms with Crippen molar-refractivity contribution < 1.29 is 5.11 Å². The highest BCUT2D eigenvalue weighted by Gasteiger charge is 2.19. The van der Waals surface area contributed by atoms with Crippen molar-refractivity contribution in [3.05, 3.63) is 59.6 Å². The van der Waals surface area contributed by atoms with Crippen LogP contribution in [0, 0.1) is 6.92 Å². The summed E-state index contributed by atoms with van der Waals surface area (Å²) in [5.74, 6) is 0.894. The summed E-state index contributed by atoms with van der Waals surface area (Å²) in [7, 11) is 1.84. The zero-order valence-electron chi connectivity index (χ0n) is 12.1. The zero-order chi connectivity index (χ0) is 15.0. The predicted molar refractivity (Wildman–Crippen MR) is 84.0 cm³/mol. The van der Waals surface area contributed by atoms with Crippen molar-refractivity contribution in [3.63, 3.8) is 0 Å². The number of aromatic nitrogens is 2. The lowest BCUT2D eigenvalue weighted by Gasteiger charge is -2.22. The van der Waals surface area contributed by atoms with Crippen LogP contribution in [-0.2, 0) is 0 Å². The number of anilines is 1. The predicted octanol–water partition coefficient (Wildman–Crippen LogP) is 2.49. The van der Waals surface area contributed by atoms with Gasteiger partial charge in [-0.3, -0.25) is 0 Å². The highest BCUT2D eigenvalue weighted by Crippen LogP contribution is 2.28. The minimum absolute atomic E-state index is 0.256. The van der Waals surface area contributed by atoms with Crippen LogP contribution in [0.25, 0.3) is 11.3 Å². The molecule has 0 amide bonds. The fourth-order valence-electron chi connectivity index (χ4n) is 2.43. The van der Waals surface area contributed by atoms with Crippen LogP contribution in [0.15, 0.2) is 48.4 Å². The van der Waals surface area contributed by atoms with Crippen LogP contribution >= 0.6 is 0 Å². The van der Waals surface area contributed by atoms with Gasteiger partial charge in [-0.15, -0.1) is 0 Å². The molecule has 5 nitrogen and oxygen atoms in total. The van der Waals surface area contributed by atoms with Gasteiger partial charge in [0.1, 0.15) is 5.82 Å². The van der Waals surface area contributed by atoms with E-state index in [1.807, 2.05) is 50.4 Å². The van der Waals surface area contributed by atoms with Crippen molar-refractivity contribution in [1.82, 2.24) is 14.7 Å². The first-order valence-corrected chi connectivity index (χ1v) is 6.80. The molecule has 0 atom stereocenters. The number of nitrogens with two attached hydrogens (primary N) is 1. The molecule has 1 aliphatic heterocycles. The first kappa shape index (κ1) is 13.3. The summed E-state index contributed by atoms with van der Waals surface area (Å²) < 4.78 is 1.75. The summed E-state index contributed by atoms with van der Waals surface area (Å²) in [6, 6.07) is 9.82. The third-order valence-corrected chi connectivity index (χ3v) is 3.70. The summed E-state index contributed by atoms with van der Waals surface area (Å²) in [6.45, 7) is 2.57. The number of hydrogen-bond donors (Lipinski definition) is 2. The number of likely N-dealkylation sites (N-methyl/N-ethyl adjacent to an activating group) is 1. The second-order valence-corrected chi connectivity index (χ2v) is 5.18. The smallest absolute Gasteiger partial charge is 0.186 e. The van der Waals surface area contributed by atoms with Gasteiger partial charge in [-0.1, -0.05) is 18.2 Å². The maximum atomic E-state index is 9.64. The van der Waals surface area contributed by atoms with E-state index in [1.165, 1.54) is 0 Å². The lowest BCUT2D eigenvalue weighted by Crippen LogP contribution is -2.22. The molecule has 0 fully saturated rings. The lowest BCUT2D eigenvalue weighted by molar-refractivity contribution is 0.247. The molecule has 108 valence electrons. The van der Waals surface area contributed by atoms with E-state index in [2.05, 4.69) is 5.10 Å². The van der Waals surface area contributed by atoms with Crippen LogP contribution in [0.5, 0.6) is 0 Å². The first-order valence-electron chi connectivity index (χ1n) is 6.80. The topological polar surface area (TPSA) is 67.3 Å². The highest BCUT2D eigenvalue weighted by atomic mass is 16.3. The van der Waals surface area contributed by atoms with Gasteiger partial charge in [0.2, 0.25) is 0 Å². The summed E-state index contributed by atoms with van der Waals surface area (Å²) in [6.07, 6.45) is 3.56. The summed E-state index contributed by atoms with van der Waals surface area (Å²) in [5, 5.41) is 14.3. The summed E-state index contributed by atoms with van der Waals surface area (Å²) >= 11 is 0. The van der Waals surface area contributed by atoms with Gasteiger partial charge >= 0.3 is 0 Å². The Morgan fingerprint density at radius 3 is 2.57 bits per heavy atom. The molecule has 0 aliphatic carbocycles. The monoisotopic (exact) mass is 282 g/mol. The molecule has 2 aromatic rings. The Kier molecular flexibility index (Phi) is 3.17. The van der Waals surface area contributed by atoms with Gasteiger partial charge < -0.3 is 15.7 Å². The number of rotatable bonds is 2. The largest absolute Gasteiger partial charge is 0.495 e. The highest BCUT2D eigenvalue weighted by molar-refractivity contribution is 5.72. The molecule has 3 rings (SSSR count). The number of nitrogens with zero attached hydrogens (tertiary/aromatic N) is 3. The van der Waals surface area contributed by atoms with E-state index in [0.29, 0.717) is 12.4 Å². The normalized spacial score (nSPS) is 14.9. The van der Waals surface area contributed by atoms with Crippen molar-refractivity contribution in [2.75, 3.05) is 19.3 Å². The Morgan fingerprint density at radius 2 is 1.90 bits per heavy atom. The summed E-state index contributed by atoms with van der Waals surface area (Å²) in [4.78, 5) is 1.77. The molecule has 0 bridgehead atoms. The average Bonchev–Trinajstić information content (AvgIpc) is 2.79. The molecule has 1 aromatic carbocycles. The number of benzene rings is 1. The molecular weight excluding hydrogens is 264 g/mol. The number of aliphatic hydroxyl groups excluding tert-OH is 1. The molecule has 0 spiro atoms. The fourth-order valence-corrected chi connectivity index (χ4v) is 2.43. The van der Waals surface area contributed by atoms with E-state index in [9.17, 15) is 5.11 Å². The molecule has 0 saturated carbocycles. The molecule has 0 radical (unpaired) electrons. The van der Waals surface area contributed by atoms with Gasteiger partial charge in [0.15, 0.2) is 5.88 Å². The van der Waals surface area contributed by atoms with Gasteiger partial charge in [-0.2, -0.15) is 5.10 Å². The molecule has 21 heavy (non-hydrogen) atoms. The number of allylic oxidation sites excluding steroid dienone is 2. The molecular formula is C16H18N4O. The summed E-state index contributed by atoms with van der Waals surface area (Å²) in [5.41, 5.74) is 9.99. The van der Waals surface area contributed by atoms with E-state index in [4.69, 9.17) is 5.73 Å². The minimum Gasteiger partial charge on any atom is -0.495 e. The van der Waals surface area contributed by atoms with Gasteiger partial charge in [-0.05, 0) is 36.8 Å². The lowest BCUT2D eigenvalue weighted by atomic mass is 10.1. The van der Waals surface area contributed by atoms with Crippen molar-refractivity contribution in [2.24, 2.45) is 0 Å². The standard InChI is InChI=1S/C16H18N4O/c1-11-15(12-8-9-14(21)19(2)10-12)18-20(16(11)17)13-6-4-3-5-7-13/h3-9,21H,10,17H2,1-2H3. The van der Waals surface area contributed by atoms with E-state index in [1.54, 1.807) is 15.7 Å². The van der Waals surface area contributed by atoms with Crippen LogP contribution in [-0.4, -0.2) is 33.4 Å². The third kappa shape index (κ3) is 2.27. The number of aliphatic hydroxyl groups is 1. The van der Waals surface area contributed by atoms with Crippen LogP contribution in [0.4, 0.5) is 5.82 Å². The number of nitrogen functional groups attached to an aromatic ring is 1. The molecule has 0 saturated heterocycles. The average molecular weight is 282 g/mol. The van der Waals surface area contributed by atoms with Crippen LogP contribution < -0.4 is 5.73 Å². The Bertz CT molecular complexity index is 728. The Labute approximate surface area is 123 Å². The Balaban J connectivity index is 2.06. The molecule has 3 N–H and O–H groups in total. The Hall–Kier alpha value is -2.69. The molecule has 1 aromatic heterocycles. The molecule has 2 heterocycles. The van der Waals surface area contributed by atoms with E-state index in [0.717, 1.165) is 22.5 Å². The fraction of sp³-hybridized carbons (Fsp3) is 0.188. The maximum Gasteiger partial charge on any atom is 0.186 e. The van der Waals surface area contributed by atoms with Crippen molar-refractivity contribution in [3.8, 4) is 5.69 Å². The third-order valence-electron chi connectivity index (χ3n) is 3.70. The van der Waals surface area contributed by atoms with Crippen LogP contribution in [0.2, 0.25) is 0 Å². The second-order valence-electron chi connectivity index (χ2n) is 5.18. The maximum absolute atomic E-state index is 9.64. The van der Waals surface area contributed by atoms with Gasteiger partial charge in [-0.25, -0.2) is 4.68 Å². The minimum atomic E-state index is 0.256. The van der Waals surface area contributed by atoms with E-state index >= 15 is 0 Å². The zero-order valence-corrected chi connectivity index (χ0v) is 12.1. The van der Waals surface area contributed by atoms with E-state index < -0.39 is 0 Å². The van der Waals surface area contributed by atoms with Crippen molar-refractivity contribution >= 4 is 11.4 Å². The van der Waals surface area contributed by atoms with Crippen molar-refractivity contribution in [2.45, 2.75) is 6.92 Å². The van der Waals surface area contributed by atoms with Gasteiger partial charge in [0.05, 0.1) is 11.4 Å².